The van der Waals surface area contributed by atoms with Crippen LogP contribution in [0, 0.1) is 5.92 Å². The molecule has 5 heterocycles. The molecule has 2 bridgehead atoms. The number of carbonyl (C=O) groups excluding carboxylic acids is 1. The Balaban J connectivity index is 1.58. The highest BCUT2D eigenvalue weighted by Gasteiger charge is 2.41. The fourth-order valence-electron chi connectivity index (χ4n) is 3.59. The van der Waals surface area contributed by atoms with Gasteiger partial charge in [-0.3, -0.25) is 9.78 Å². The van der Waals surface area contributed by atoms with E-state index in [1.54, 1.807) is 18.5 Å². The van der Waals surface area contributed by atoms with Crippen LogP contribution in [0.2, 0.25) is 0 Å². The Morgan fingerprint density at radius 1 is 1.12 bits per heavy atom. The van der Waals surface area contributed by atoms with E-state index in [1.165, 1.54) is 0 Å². The number of hydrogen-bond donors (Lipinski definition) is 1. The van der Waals surface area contributed by atoms with Gasteiger partial charge in [0.15, 0.2) is 0 Å². The third kappa shape index (κ3) is 2.77. The molecular formula is C17H20N6O. The van der Waals surface area contributed by atoms with Crippen LogP contribution in [0.5, 0.6) is 0 Å². The lowest BCUT2D eigenvalue weighted by Crippen LogP contribution is -2.47. The number of hydrogen-bond acceptors (Lipinski definition) is 6. The van der Waals surface area contributed by atoms with Gasteiger partial charge in [-0.1, -0.05) is 6.07 Å². The maximum Gasteiger partial charge on any atom is 0.228 e. The van der Waals surface area contributed by atoms with Crippen LogP contribution in [-0.2, 0) is 11.3 Å². The number of nitrogens with zero attached hydrogens (tertiary/aromatic N) is 5. The van der Waals surface area contributed by atoms with E-state index in [9.17, 15) is 4.79 Å². The average Bonchev–Trinajstić information content (AvgIpc) is 2.89. The van der Waals surface area contributed by atoms with E-state index in [0.717, 1.165) is 25.1 Å². The summed E-state index contributed by atoms with van der Waals surface area (Å²) in [7, 11) is 0. The van der Waals surface area contributed by atoms with E-state index in [1.807, 2.05) is 23.1 Å². The van der Waals surface area contributed by atoms with Gasteiger partial charge in [0.25, 0.3) is 0 Å². The first-order chi connectivity index (χ1) is 11.7. The van der Waals surface area contributed by atoms with Crippen LogP contribution in [-0.4, -0.2) is 44.9 Å². The molecule has 2 atom stereocenters. The van der Waals surface area contributed by atoms with Gasteiger partial charge in [-0.2, -0.15) is 4.98 Å². The van der Waals surface area contributed by atoms with Crippen LogP contribution in [0.4, 0.5) is 11.8 Å². The van der Waals surface area contributed by atoms with Gasteiger partial charge >= 0.3 is 0 Å². The minimum atomic E-state index is -0.0162. The quantitative estimate of drug-likeness (QED) is 0.909. The normalized spacial score (nSPS) is 23.4. The fourth-order valence-corrected chi connectivity index (χ4v) is 3.59. The third-order valence-electron chi connectivity index (χ3n) is 4.80. The van der Waals surface area contributed by atoms with Crippen molar-refractivity contribution < 1.29 is 4.79 Å². The summed E-state index contributed by atoms with van der Waals surface area (Å²) in [6.07, 6.45) is 5.35. The molecule has 2 aromatic rings. The molecule has 0 radical (unpaired) electrons. The molecule has 0 spiro atoms. The number of aromatic nitrogens is 3. The number of carbonyl (C=O) groups is 1. The minimum Gasteiger partial charge on any atom is -0.384 e. The van der Waals surface area contributed by atoms with Crippen molar-refractivity contribution in [3.05, 3.63) is 42.4 Å². The first-order valence-corrected chi connectivity index (χ1v) is 8.24. The van der Waals surface area contributed by atoms with Gasteiger partial charge in [0, 0.05) is 31.5 Å². The summed E-state index contributed by atoms with van der Waals surface area (Å²) in [6, 6.07) is 7.64. The van der Waals surface area contributed by atoms with Crippen molar-refractivity contribution in [3.63, 3.8) is 0 Å². The molecule has 7 heteroatoms. The first kappa shape index (κ1) is 14.9. The number of anilines is 2. The van der Waals surface area contributed by atoms with Crippen LogP contribution in [0.3, 0.4) is 0 Å². The van der Waals surface area contributed by atoms with Gasteiger partial charge in [-0.05, 0) is 31.0 Å². The molecule has 3 saturated heterocycles. The highest BCUT2D eigenvalue weighted by atomic mass is 16.2. The molecule has 3 fully saturated rings. The summed E-state index contributed by atoms with van der Waals surface area (Å²) in [5.41, 5.74) is 6.70. The number of piperidine rings is 1. The highest BCUT2D eigenvalue weighted by molar-refractivity contribution is 5.81. The van der Waals surface area contributed by atoms with Crippen LogP contribution in [0.1, 0.15) is 18.5 Å². The maximum absolute atomic E-state index is 12.9. The Morgan fingerprint density at radius 2 is 2.04 bits per heavy atom. The SMILES string of the molecule is Nc1ccnc(N2CC3CCC(C2)N(Cc2ccccn2)C3=O)n1. The lowest BCUT2D eigenvalue weighted by molar-refractivity contribution is -0.140. The van der Waals surface area contributed by atoms with E-state index < -0.39 is 0 Å². The molecule has 2 aromatic heterocycles. The van der Waals surface area contributed by atoms with Crippen LogP contribution < -0.4 is 10.6 Å². The largest absolute Gasteiger partial charge is 0.384 e. The summed E-state index contributed by atoms with van der Waals surface area (Å²) in [5, 5.41) is 0. The molecule has 7 nitrogen and oxygen atoms in total. The Hall–Kier alpha value is -2.70. The smallest absolute Gasteiger partial charge is 0.228 e. The number of amides is 1. The Labute approximate surface area is 140 Å². The number of pyridine rings is 1. The molecule has 2 unspecified atom stereocenters. The van der Waals surface area contributed by atoms with Crippen LogP contribution >= 0.6 is 0 Å². The molecule has 0 saturated carbocycles. The van der Waals surface area contributed by atoms with Crippen molar-refractivity contribution in [2.24, 2.45) is 5.92 Å². The number of fused-ring (bicyclic) bond motifs is 4. The summed E-state index contributed by atoms with van der Waals surface area (Å²) in [6.45, 7) is 1.95. The van der Waals surface area contributed by atoms with Crippen molar-refractivity contribution in [1.82, 2.24) is 19.9 Å². The summed E-state index contributed by atoms with van der Waals surface area (Å²) in [5.74, 6) is 1.26. The van der Waals surface area contributed by atoms with Gasteiger partial charge in [0.1, 0.15) is 5.82 Å². The summed E-state index contributed by atoms with van der Waals surface area (Å²) in [4.78, 5) is 29.9. The fraction of sp³-hybridized carbons (Fsp3) is 0.412. The van der Waals surface area contributed by atoms with Crippen molar-refractivity contribution in [1.29, 1.82) is 0 Å². The van der Waals surface area contributed by atoms with Gasteiger partial charge in [-0.25, -0.2) is 4.98 Å². The van der Waals surface area contributed by atoms with Gasteiger partial charge in [0.05, 0.1) is 18.2 Å². The zero-order valence-electron chi connectivity index (χ0n) is 13.4. The molecule has 3 aliphatic rings. The monoisotopic (exact) mass is 324 g/mol. The molecule has 1 amide bonds. The zero-order valence-corrected chi connectivity index (χ0v) is 13.4. The number of rotatable bonds is 3. The first-order valence-electron chi connectivity index (χ1n) is 8.24. The van der Waals surface area contributed by atoms with Crippen molar-refractivity contribution in [3.8, 4) is 0 Å². The number of nitrogens with two attached hydrogens (primary N) is 1. The average molecular weight is 324 g/mol. The second-order valence-electron chi connectivity index (χ2n) is 6.40. The van der Waals surface area contributed by atoms with E-state index >= 15 is 0 Å². The lowest BCUT2D eigenvalue weighted by atomic mass is 9.94. The Kier molecular flexibility index (Phi) is 3.76. The molecule has 0 aliphatic carbocycles. The predicted octanol–water partition coefficient (Wildman–Crippen LogP) is 1.08. The molecule has 2 N–H and O–H groups in total. The van der Waals surface area contributed by atoms with Crippen molar-refractivity contribution >= 4 is 17.7 Å². The molecular weight excluding hydrogens is 304 g/mol. The Bertz CT molecular complexity index is 737. The van der Waals surface area contributed by atoms with Crippen LogP contribution in [0.25, 0.3) is 0 Å². The molecule has 3 aliphatic heterocycles. The van der Waals surface area contributed by atoms with E-state index in [-0.39, 0.29) is 17.9 Å². The lowest BCUT2D eigenvalue weighted by Gasteiger charge is -2.35. The van der Waals surface area contributed by atoms with Crippen molar-refractivity contribution in [2.45, 2.75) is 25.4 Å². The minimum absolute atomic E-state index is 0.0162. The van der Waals surface area contributed by atoms with Gasteiger partial charge in [0.2, 0.25) is 11.9 Å². The maximum atomic E-state index is 12.9. The number of nitrogen functional groups attached to an aromatic ring is 1. The molecule has 0 aromatic carbocycles. The Morgan fingerprint density at radius 3 is 2.83 bits per heavy atom. The van der Waals surface area contributed by atoms with Gasteiger partial charge < -0.3 is 15.5 Å². The molecule has 124 valence electrons. The molecule has 5 rings (SSSR count). The molecule has 24 heavy (non-hydrogen) atoms. The zero-order chi connectivity index (χ0) is 16.5. The third-order valence-corrected chi connectivity index (χ3v) is 4.80. The van der Waals surface area contributed by atoms with E-state index in [4.69, 9.17) is 5.73 Å². The second kappa shape index (κ2) is 6.07. The predicted molar refractivity (Wildman–Crippen MR) is 90.0 cm³/mol. The summed E-state index contributed by atoms with van der Waals surface area (Å²) >= 11 is 0. The highest BCUT2D eigenvalue weighted by Crippen LogP contribution is 2.31. The van der Waals surface area contributed by atoms with Crippen molar-refractivity contribution in [2.75, 3.05) is 23.7 Å². The standard InChI is InChI=1S/C17H20N6O/c18-15-6-8-20-17(21-15)22-9-12-4-5-14(11-22)23(16(12)24)10-13-3-1-2-7-19-13/h1-3,6-8,12,14H,4-5,9-11H2,(H2,18,20,21). The van der Waals surface area contributed by atoms with E-state index in [2.05, 4.69) is 19.9 Å². The topological polar surface area (TPSA) is 88.2 Å². The van der Waals surface area contributed by atoms with Gasteiger partial charge in [-0.15, -0.1) is 0 Å². The van der Waals surface area contributed by atoms with E-state index in [0.29, 0.717) is 24.9 Å². The second-order valence-corrected chi connectivity index (χ2v) is 6.40. The van der Waals surface area contributed by atoms with Crippen LogP contribution in [0.15, 0.2) is 36.7 Å². The summed E-state index contributed by atoms with van der Waals surface area (Å²) < 4.78 is 0.